The van der Waals surface area contributed by atoms with Crippen molar-refractivity contribution < 1.29 is 19.1 Å². The van der Waals surface area contributed by atoms with Gasteiger partial charge >= 0.3 is 12.1 Å². The molecule has 1 aliphatic heterocycles. The second-order valence-corrected chi connectivity index (χ2v) is 7.81. The number of carbonyl (C=O) groups excluding carboxylic acids is 2. The zero-order chi connectivity index (χ0) is 19.5. The predicted molar refractivity (Wildman–Crippen MR) is 99.4 cm³/mol. The second-order valence-electron chi connectivity index (χ2n) is 7.81. The van der Waals surface area contributed by atoms with Gasteiger partial charge in [0.1, 0.15) is 17.0 Å². The molecule has 2 heterocycles. The molecule has 0 spiro atoms. The van der Waals surface area contributed by atoms with Gasteiger partial charge in [-0.05, 0) is 53.2 Å². The van der Waals surface area contributed by atoms with Crippen LogP contribution < -0.4 is 4.90 Å². The number of hydrogen-bond donors (Lipinski definition) is 0. The first-order valence-corrected chi connectivity index (χ1v) is 8.95. The number of ether oxygens (including phenoxy) is 2. The molecule has 1 aromatic heterocycles. The number of aromatic nitrogens is 1. The molecule has 7 heteroatoms. The first-order valence-electron chi connectivity index (χ1n) is 8.95. The molecule has 0 N–H and O–H groups in total. The van der Waals surface area contributed by atoms with Crippen molar-refractivity contribution in [3.05, 3.63) is 23.9 Å². The summed E-state index contributed by atoms with van der Waals surface area (Å²) in [6.07, 6.45) is 1.90. The first-order chi connectivity index (χ1) is 12.1. The SMILES string of the molecule is CC(C)OC(=O)c1cccnc1N1CCC(N(C)C(=O)OC(C)(C)C)C1. The number of rotatable bonds is 4. The van der Waals surface area contributed by atoms with Crippen LogP contribution in [0.4, 0.5) is 10.6 Å². The molecule has 7 nitrogen and oxygen atoms in total. The molecule has 0 aromatic carbocycles. The van der Waals surface area contributed by atoms with E-state index in [-0.39, 0.29) is 24.2 Å². The van der Waals surface area contributed by atoms with E-state index in [9.17, 15) is 9.59 Å². The van der Waals surface area contributed by atoms with Crippen LogP contribution in [0.1, 0.15) is 51.4 Å². The molecule has 1 aromatic rings. The van der Waals surface area contributed by atoms with Crippen molar-refractivity contribution in [2.45, 2.75) is 58.8 Å². The molecule has 0 radical (unpaired) electrons. The molecule has 1 aliphatic rings. The molecule has 144 valence electrons. The summed E-state index contributed by atoms with van der Waals surface area (Å²) in [4.78, 5) is 32.6. The molecular weight excluding hydrogens is 334 g/mol. The van der Waals surface area contributed by atoms with Crippen molar-refractivity contribution in [1.82, 2.24) is 9.88 Å². The van der Waals surface area contributed by atoms with E-state index in [0.717, 1.165) is 6.42 Å². The Bertz CT molecular complexity index is 654. The monoisotopic (exact) mass is 363 g/mol. The van der Waals surface area contributed by atoms with Crippen LogP contribution in [0.25, 0.3) is 0 Å². The van der Waals surface area contributed by atoms with Crippen molar-refractivity contribution in [3.8, 4) is 0 Å². The van der Waals surface area contributed by atoms with Crippen molar-refractivity contribution >= 4 is 17.9 Å². The lowest BCUT2D eigenvalue weighted by Crippen LogP contribution is -2.42. The van der Waals surface area contributed by atoms with Crippen molar-refractivity contribution in [3.63, 3.8) is 0 Å². The fourth-order valence-corrected chi connectivity index (χ4v) is 2.82. The number of hydrogen-bond acceptors (Lipinski definition) is 6. The fraction of sp³-hybridized carbons (Fsp3) is 0.632. The van der Waals surface area contributed by atoms with E-state index in [1.165, 1.54) is 0 Å². The summed E-state index contributed by atoms with van der Waals surface area (Å²) >= 11 is 0. The van der Waals surface area contributed by atoms with Crippen LogP contribution in [0.2, 0.25) is 0 Å². The number of carbonyl (C=O) groups is 2. The highest BCUT2D eigenvalue weighted by Crippen LogP contribution is 2.25. The number of anilines is 1. The molecule has 1 unspecified atom stereocenters. The first kappa shape index (κ1) is 20.0. The molecule has 1 atom stereocenters. The van der Waals surface area contributed by atoms with Gasteiger partial charge in [-0.25, -0.2) is 14.6 Å². The molecule has 0 bridgehead atoms. The van der Waals surface area contributed by atoms with Gasteiger partial charge in [0.15, 0.2) is 0 Å². The summed E-state index contributed by atoms with van der Waals surface area (Å²) in [6.45, 7) is 10.5. The quantitative estimate of drug-likeness (QED) is 0.766. The van der Waals surface area contributed by atoms with Gasteiger partial charge in [0.05, 0.1) is 12.1 Å². The van der Waals surface area contributed by atoms with E-state index in [0.29, 0.717) is 24.5 Å². The second kappa shape index (κ2) is 7.93. The van der Waals surface area contributed by atoms with E-state index >= 15 is 0 Å². The Labute approximate surface area is 155 Å². The average Bonchev–Trinajstić information content (AvgIpc) is 3.01. The van der Waals surface area contributed by atoms with Gasteiger partial charge in [0, 0.05) is 26.3 Å². The van der Waals surface area contributed by atoms with Gasteiger partial charge in [-0.15, -0.1) is 0 Å². The van der Waals surface area contributed by atoms with Crippen LogP contribution >= 0.6 is 0 Å². The highest BCUT2D eigenvalue weighted by atomic mass is 16.6. The number of nitrogens with zero attached hydrogens (tertiary/aromatic N) is 3. The molecule has 0 saturated carbocycles. The Morgan fingerprint density at radius 3 is 2.65 bits per heavy atom. The van der Waals surface area contributed by atoms with E-state index in [4.69, 9.17) is 9.47 Å². The lowest BCUT2D eigenvalue weighted by atomic mass is 10.2. The largest absolute Gasteiger partial charge is 0.459 e. The molecule has 2 rings (SSSR count). The average molecular weight is 363 g/mol. The third-order valence-corrected chi connectivity index (χ3v) is 4.04. The van der Waals surface area contributed by atoms with Crippen LogP contribution in [-0.2, 0) is 9.47 Å². The van der Waals surface area contributed by atoms with Gasteiger partial charge in [0.25, 0.3) is 0 Å². The maximum atomic E-state index is 12.3. The summed E-state index contributed by atoms with van der Waals surface area (Å²) in [5.74, 6) is 0.213. The summed E-state index contributed by atoms with van der Waals surface area (Å²) in [6, 6.07) is 3.44. The number of amides is 1. The van der Waals surface area contributed by atoms with Gasteiger partial charge in [-0.3, -0.25) is 0 Å². The van der Waals surface area contributed by atoms with Crippen LogP contribution in [0, 0.1) is 0 Å². The Hall–Kier alpha value is -2.31. The van der Waals surface area contributed by atoms with Gasteiger partial charge in [-0.1, -0.05) is 0 Å². The van der Waals surface area contributed by atoms with Gasteiger partial charge < -0.3 is 19.3 Å². The summed E-state index contributed by atoms with van der Waals surface area (Å²) < 4.78 is 10.8. The van der Waals surface area contributed by atoms with E-state index in [2.05, 4.69) is 4.98 Å². The summed E-state index contributed by atoms with van der Waals surface area (Å²) in [7, 11) is 1.74. The minimum absolute atomic E-state index is 0.000764. The number of pyridine rings is 1. The maximum absolute atomic E-state index is 12.3. The fourth-order valence-electron chi connectivity index (χ4n) is 2.82. The number of likely N-dealkylation sites (N-methyl/N-ethyl adjacent to an activating group) is 1. The molecular formula is C19H29N3O4. The molecule has 26 heavy (non-hydrogen) atoms. The predicted octanol–water partition coefficient (Wildman–Crippen LogP) is 3.09. The zero-order valence-corrected chi connectivity index (χ0v) is 16.5. The third kappa shape index (κ3) is 5.09. The van der Waals surface area contributed by atoms with Crippen molar-refractivity contribution in [2.75, 3.05) is 25.0 Å². The molecule has 0 aliphatic carbocycles. The van der Waals surface area contributed by atoms with Gasteiger partial charge in [-0.2, -0.15) is 0 Å². The lowest BCUT2D eigenvalue weighted by Gasteiger charge is -2.28. The molecule has 1 amide bonds. The van der Waals surface area contributed by atoms with Crippen molar-refractivity contribution in [1.29, 1.82) is 0 Å². The van der Waals surface area contributed by atoms with Gasteiger partial charge in [0.2, 0.25) is 0 Å². The third-order valence-electron chi connectivity index (χ3n) is 4.04. The van der Waals surface area contributed by atoms with Crippen molar-refractivity contribution in [2.24, 2.45) is 0 Å². The minimum atomic E-state index is -0.529. The Balaban J connectivity index is 2.09. The summed E-state index contributed by atoms with van der Waals surface area (Å²) in [5.41, 5.74) is -0.0833. The normalized spacial score (nSPS) is 17.3. The zero-order valence-electron chi connectivity index (χ0n) is 16.5. The van der Waals surface area contributed by atoms with Crippen LogP contribution in [0.3, 0.4) is 0 Å². The van der Waals surface area contributed by atoms with E-state index in [1.807, 2.05) is 39.5 Å². The van der Waals surface area contributed by atoms with Crippen LogP contribution in [0.15, 0.2) is 18.3 Å². The van der Waals surface area contributed by atoms with Crippen LogP contribution in [-0.4, -0.2) is 59.8 Å². The highest BCUT2D eigenvalue weighted by Gasteiger charge is 2.33. The molecule has 1 saturated heterocycles. The van der Waals surface area contributed by atoms with E-state index < -0.39 is 5.60 Å². The Morgan fingerprint density at radius 1 is 1.35 bits per heavy atom. The topological polar surface area (TPSA) is 72.0 Å². The Kier molecular flexibility index (Phi) is 6.10. The minimum Gasteiger partial charge on any atom is -0.459 e. The smallest absolute Gasteiger partial charge is 0.410 e. The summed E-state index contributed by atoms with van der Waals surface area (Å²) in [5, 5.41) is 0. The van der Waals surface area contributed by atoms with Crippen LogP contribution in [0.5, 0.6) is 0 Å². The number of esters is 1. The standard InChI is InChI=1S/C19H29N3O4/c1-13(2)25-17(23)15-8-7-10-20-16(15)22-11-9-14(12-22)21(6)18(24)26-19(3,4)5/h7-8,10,13-14H,9,11-12H2,1-6H3. The lowest BCUT2D eigenvalue weighted by molar-refractivity contribution is 0.0236. The Morgan fingerprint density at radius 2 is 2.04 bits per heavy atom. The highest BCUT2D eigenvalue weighted by molar-refractivity contribution is 5.95. The molecule has 1 fully saturated rings. The maximum Gasteiger partial charge on any atom is 0.410 e. The van der Waals surface area contributed by atoms with E-state index in [1.54, 1.807) is 30.3 Å².